The number of phenolic OH excluding ortho intramolecular Hbond substituents is 1. The van der Waals surface area contributed by atoms with Gasteiger partial charge in [0.2, 0.25) is 5.88 Å². The third kappa shape index (κ3) is 3.33. The van der Waals surface area contributed by atoms with Gasteiger partial charge < -0.3 is 10.2 Å². The van der Waals surface area contributed by atoms with E-state index in [1.165, 1.54) is 11.3 Å². The molecular formula is C17H14N2O2S2. The maximum atomic E-state index is 10.4. The minimum absolute atomic E-state index is 0.0627. The molecule has 1 aromatic heterocycles. The molecule has 3 aromatic rings. The Labute approximate surface area is 142 Å². The second kappa shape index (κ2) is 6.36. The van der Waals surface area contributed by atoms with Crippen LogP contribution < -0.4 is 0 Å². The number of aromatic nitrogens is 1. The van der Waals surface area contributed by atoms with Gasteiger partial charge in [0, 0.05) is 6.07 Å². The van der Waals surface area contributed by atoms with Crippen LogP contribution in [-0.4, -0.2) is 21.0 Å². The molecule has 2 aromatic carbocycles. The normalized spacial score (nSPS) is 11.2. The third-order valence-corrected chi connectivity index (χ3v) is 4.56. The first kappa shape index (κ1) is 15.5. The van der Waals surface area contributed by atoms with E-state index in [0.717, 1.165) is 11.3 Å². The Bertz CT molecular complexity index is 925. The fraction of sp³-hybridized carbons (Fsp3) is 0.0588. The number of phenols is 1. The average Bonchev–Trinajstić information content (AvgIpc) is 2.81. The van der Waals surface area contributed by atoms with Crippen molar-refractivity contribution >= 4 is 35.5 Å². The summed E-state index contributed by atoms with van der Waals surface area (Å²) >= 11 is 6.63. The summed E-state index contributed by atoms with van der Waals surface area (Å²) in [5, 5.41) is 19.9. The van der Waals surface area contributed by atoms with Crippen molar-refractivity contribution in [1.29, 1.82) is 0 Å². The highest BCUT2D eigenvalue weighted by Crippen LogP contribution is 2.29. The molecule has 0 unspecified atom stereocenters. The van der Waals surface area contributed by atoms with Crippen LogP contribution in [0.15, 0.2) is 53.5 Å². The summed E-state index contributed by atoms with van der Waals surface area (Å²) in [7, 11) is 0. The topological polar surface area (TPSA) is 57.8 Å². The van der Waals surface area contributed by atoms with Gasteiger partial charge in [-0.2, -0.15) is 0 Å². The standard InChI is InChI=1S/C17H14N2O2S2/c1-11-5-7-13(8-6-11)19-16(21)15(23-17(19)22)10-18-12-3-2-4-14(20)9-12/h2-10,20-21H,1H3. The molecule has 0 amide bonds. The molecule has 23 heavy (non-hydrogen) atoms. The molecule has 1 heterocycles. The molecule has 2 N–H and O–H groups in total. The van der Waals surface area contributed by atoms with Gasteiger partial charge in [0.25, 0.3) is 0 Å². The molecule has 6 heteroatoms. The van der Waals surface area contributed by atoms with E-state index in [0.29, 0.717) is 14.5 Å². The van der Waals surface area contributed by atoms with Crippen LogP contribution in [0.2, 0.25) is 0 Å². The van der Waals surface area contributed by atoms with Crippen molar-refractivity contribution < 1.29 is 10.2 Å². The van der Waals surface area contributed by atoms with E-state index in [4.69, 9.17) is 12.2 Å². The highest BCUT2D eigenvalue weighted by atomic mass is 32.1. The summed E-state index contributed by atoms with van der Waals surface area (Å²) in [6.07, 6.45) is 1.55. The maximum absolute atomic E-state index is 10.4. The van der Waals surface area contributed by atoms with Crippen LogP contribution in [0.25, 0.3) is 5.69 Å². The van der Waals surface area contributed by atoms with Crippen LogP contribution in [0.3, 0.4) is 0 Å². The Morgan fingerprint density at radius 2 is 1.87 bits per heavy atom. The Balaban J connectivity index is 1.98. The van der Waals surface area contributed by atoms with Crippen molar-refractivity contribution in [2.24, 2.45) is 4.99 Å². The number of rotatable bonds is 3. The van der Waals surface area contributed by atoms with E-state index < -0.39 is 0 Å². The van der Waals surface area contributed by atoms with Crippen LogP contribution in [-0.2, 0) is 0 Å². The summed E-state index contributed by atoms with van der Waals surface area (Å²) in [6.45, 7) is 2.00. The summed E-state index contributed by atoms with van der Waals surface area (Å²) in [4.78, 5) is 4.83. The predicted octanol–water partition coefficient (Wildman–Crippen LogP) is 4.74. The first-order valence-electron chi connectivity index (χ1n) is 6.89. The van der Waals surface area contributed by atoms with Crippen molar-refractivity contribution in [3.05, 3.63) is 62.9 Å². The molecule has 0 aliphatic carbocycles. The highest BCUT2D eigenvalue weighted by molar-refractivity contribution is 7.73. The Morgan fingerprint density at radius 3 is 2.57 bits per heavy atom. The molecule has 0 saturated carbocycles. The zero-order valence-corrected chi connectivity index (χ0v) is 13.9. The van der Waals surface area contributed by atoms with E-state index in [9.17, 15) is 10.2 Å². The molecule has 0 radical (unpaired) electrons. The number of aliphatic imine (C=N–C) groups is 1. The number of nitrogens with zero attached hydrogens (tertiary/aromatic N) is 2. The van der Waals surface area contributed by atoms with Crippen LogP contribution in [0.1, 0.15) is 10.4 Å². The minimum Gasteiger partial charge on any atom is -0.508 e. The van der Waals surface area contributed by atoms with Gasteiger partial charge in [-0.3, -0.25) is 9.56 Å². The quantitative estimate of drug-likeness (QED) is 0.534. The van der Waals surface area contributed by atoms with E-state index in [2.05, 4.69) is 4.99 Å². The highest BCUT2D eigenvalue weighted by Gasteiger charge is 2.11. The molecule has 0 fully saturated rings. The largest absolute Gasteiger partial charge is 0.508 e. The van der Waals surface area contributed by atoms with E-state index in [1.54, 1.807) is 35.0 Å². The molecule has 0 aliphatic rings. The number of hydrogen-bond donors (Lipinski definition) is 2. The molecule has 4 nitrogen and oxygen atoms in total. The molecular weight excluding hydrogens is 328 g/mol. The van der Waals surface area contributed by atoms with Crippen molar-refractivity contribution in [2.45, 2.75) is 6.92 Å². The molecule has 0 aliphatic heterocycles. The van der Waals surface area contributed by atoms with Gasteiger partial charge in [-0.1, -0.05) is 35.1 Å². The van der Waals surface area contributed by atoms with Gasteiger partial charge in [0.15, 0.2) is 3.95 Å². The van der Waals surface area contributed by atoms with Gasteiger partial charge in [-0.15, -0.1) is 0 Å². The van der Waals surface area contributed by atoms with Crippen LogP contribution >= 0.6 is 23.6 Å². The first-order chi connectivity index (χ1) is 11.0. The maximum Gasteiger partial charge on any atom is 0.216 e. The minimum atomic E-state index is 0.0627. The lowest BCUT2D eigenvalue weighted by Crippen LogP contribution is -1.93. The predicted molar refractivity (Wildman–Crippen MR) is 96.2 cm³/mol. The van der Waals surface area contributed by atoms with Gasteiger partial charge in [-0.25, -0.2) is 0 Å². The number of thiazole rings is 1. The zero-order chi connectivity index (χ0) is 16.4. The fourth-order valence-corrected chi connectivity index (χ4v) is 3.31. The SMILES string of the molecule is Cc1ccc(-n2c(O)c(C=Nc3cccc(O)c3)sc2=S)cc1. The monoisotopic (exact) mass is 342 g/mol. The van der Waals surface area contributed by atoms with Crippen molar-refractivity contribution in [3.63, 3.8) is 0 Å². The molecule has 0 saturated heterocycles. The lowest BCUT2D eigenvalue weighted by atomic mass is 10.2. The molecule has 116 valence electrons. The Hall–Kier alpha value is -2.44. The number of aromatic hydroxyl groups is 2. The zero-order valence-electron chi connectivity index (χ0n) is 12.3. The summed E-state index contributed by atoms with van der Waals surface area (Å²) in [6, 6.07) is 14.4. The first-order valence-corrected chi connectivity index (χ1v) is 8.12. The second-order valence-electron chi connectivity index (χ2n) is 5.00. The number of hydrogen-bond acceptors (Lipinski definition) is 5. The lowest BCUT2D eigenvalue weighted by Gasteiger charge is -2.04. The van der Waals surface area contributed by atoms with Crippen LogP contribution in [0.4, 0.5) is 5.69 Å². The lowest BCUT2D eigenvalue weighted by molar-refractivity contribution is 0.441. The van der Waals surface area contributed by atoms with Crippen molar-refractivity contribution in [3.8, 4) is 17.3 Å². The van der Waals surface area contributed by atoms with Gasteiger partial charge in [0.1, 0.15) is 10.6 Å². The molecule has 0 atom stereocenters. The summed E-state index contributed by atoms with van der Waals surface area (Å²) in [5.41, 5.74) is 2.55. The smallest absolute Gasteiger partial charge is 0.216 e. The molecule has 0 bridgehead atoms. The summed E-state index contributed by atoms with van der Waals surface area (Å²) < 4.78 is 2.16. The van der Waals surface area contributed by atoms with E-state index in [-0.39, 0.29) is 11.6 Å². The Morgan fingerprint density at radius 1 is 1.13 bits per heavy atom. The fourth-order valence-electron chi connectivity index (χ4n) is 2.09. The summed E-state index contributed by atoms with van der Waals surface area (Å²) in [5.74, 6) is 0.210. The second-order valence-corrected chi connectivity index (χ2v) is 6.68. The van der Waals surface area contributed by atoms with Gasteiger partial charge in [0.05, 0.1) is 17.6 Å². The van der Waals surface area contributed by atoms with E-state index >= 15 is 0 Å². The average molecular weight is 342 g/mol. The molecule has 0 spiro atoms. The van der Waals surface area contributed by atoms with Crippen LogP contribution in [0, 0.1) is 10.9 Å². The number of benzene rings is 2. The Kier molecular flexibility index (Phi) is 4.27. The van der Waals surface area contributed by atoms with Gasteiger partial charge in [-0.05, 0) is 43.4 Å². The molecule has 3 rings (SSSR count). The van der Waals surface area contributed by atoms with Crippen molar-refractivity contribution in [2.75, 3.05) is 0 Å². The third-order valence-electron chi connectivity index (χ3n) is 3.26. The van der Waals surface area contributed by atoms with Crippen LogP contribution in [0.5, 0.6) is 11.6 Å². The van der Waals surface area contributed by atoms with E-state index in [1.807, 2.05) is 31.2 Å². The van der Waals surface area contributed by atoms with Crippen molar-refractivity contribution in [1.82, 2.24) is 4.57 Å². The number of aryl methyl sites for hydroxylation is 1. The van der Waals surface area contributed by atoms with Gasteiger partial charge >= 0.3 is 0 Å².